The van der Waals surface area contributed by atoms with Gasteiger partial charge in [-0.1, -0.05) is 48.6 Å². The molecule has 0 aromatic rings. The van der Waals surface area contributed by atoms with Gasteiger partial charge in [-0.2, -0.15) is 8.78 Å². The molecule has 0 atom stereocenters. The zero-order chi connectivity index (χ0) is 9.31. The van der Waals surface area contributed by atoms with Crippen molar-refractivity contribution in [1.82, 2.24) is 0 Å². The Balaban J connectivity index is 2.63. The average molecular weight is 178 g/mol. The molecule has 2 aliphatic rings. The highest BCUT2D eigenvalue weighted by Crippen LogP contribution is 2.36. The van der Waals surface area contributed by atoms with Gasteiger partial charge in [0.15, 0.2) is 0 Å². The molecule has 0 unspecified atom stereocenters. The minimum Gasteiger partial charge on any atom is -0.196 e. The first kappa shape index (κ1) is 8.17. The van der Waals surface area contributed by atoms with Gasteiger partial charge in [0.2, 0.25) is 0 Å². The fourth-order valence-corrected chi connectivity index (χ4v) is 1.33. The molecule has 0 aromatic carbocycles. The van der Waals surface area contributed by atoms with E-state index in [-0.39, 0.29) is 11.1 Å². The maximum atomic E-state index is 13.6. The van der Waals surface area contributed by atoms with Crippen molar-refractivity contribution in [2.45, 2.75) is 5.92 Å². The summed E-state index contributed by atoms with van der Waals surface area (Å²) in [7, 11) is 0. The number of hydrogen-bond acceptors (Lipinski definition) is 0. The van der Waals surface area contributed by atoms with Gasteiger partial charge in [0.05, 0.1) is 0 Å². The van der Waals surface area contributed by atoms with Crippen LogP contribution in [0.2, 0.25) is 0 Å². The third kappa shape index (κ3) is 1.28. The molecule has 0 fully saturated rings. The molecule has 66 valence electrons. The largest absolute Gasteiger partial charge is 0.298 e. The van der Waals surface area contributed by atoms with Gasteiger partial charge in [-0.05, 0) is 0 Å². The highest BCUT2D eigenvalue weighted by Gasteiger charge is 2.36. The van der Waals surface area contributed by atoms with E-state index in [1.54, 1.807) is 24.3 Å². The Labute approximate surface area is 75.3 Å². The minimum absolute atomic E-state index is 0.0394. The van der Waals surface area contributed by atoms with Crippen LogP contribution < -0.4 is 0 Å². The summed E-state index contributed by atoms with van der Waals surface area (Å²) in [5.74, 6) is -2.85. The van der Waals surface area contributed by atoms with Crippen molar-refractivity contribution in [3.63, 3.8) is 0 Å². The van der Waals surface area contributed by atoms with Crippen LogP contribution in [0.4, 0.5) is 8.78 Å². The summed E-state index contributed by atoms with van der Waals surface area (Å²) in [6.07, 6.45) is 12.2. The molecule has 0 spiro atoms. The normalized spacial score (nSPS) is 23.2. The van der Waals surface area contributed by atoms with Crippen molar-refractivity contribution in [3.05, 3.63) is 59.8 Å². The van der Waals surface area contributed by atoms with Crippen molar-refractivity contribution in [3.8, 4) is 0 Å². The Kier molecular flexibility index (Phi) is 1.76. The standard InChI is InChI=1S/C11H8F2/c12-11(13)9-5-1-2-6-10(11)8-4-3-7-9/h1-8H. The van der Waals surface area contributed by atoms with E-state index in [0.717, 1.165) is 0 Å². The zero-order valence-electron chi connectivity index (χ0n) is 6.87. The van der Waals surface area contributed by atoms with Crippen LogP contribution in [0.25, 0.3) is 0 Å². The first-order chi connectivity index (χ1) is 6.21. The molecule has 0 N–H and O–H groups in total. The lowest BCUT2D eigenvalue weighted by Crippen LogP contribution is -2.19. The Morgan fingerprint density at radius 1 is 0.769 bits per heavy atom. The van der Waals surface area contributed by atoms with E-state index >= 15 is 0 Å². The Morgan fingerprint density at radius 2 is 1.23 bits per heavy atom. The smallest absolute Gasteiger partial charge is 0.196 e. The van der Waals surface area contributed by atoms with E-state index < -0.39 is 5.92 Å². The van der Waals surface area contributed by atoms with Gasteiger partial charge in [-0.15, -0.1) is 0 Å². The molecule has 0 saturated heterocycles. The number of alkyl halides is 2. The van der Waals surface area contributed by atoms with Crippen LogP contribution in [-0.2, 0) is 0 Å². The lowest BCUT2D eigenvalue weighted by Gasteiger charge is -2.16. The van der Waals surface area contributed by atoms with Crippen LogP contribution in [0.15, 0.2) is 59.8 Å². The molecule has 0 heterocycles. The molecule has 2 rings (SSSR count). The van der Waals surface area contributed by atoms with Gasteiger partial charge >= 0.3 is 0 Å². The second kappa shape index (κ2) is 2.80. The zero-order valence-corrected chi connectivity index (χ0v) is 6.87. The van der Waals surface area contributed by atoms with Crippen LogP contribution in [0.1, 0.15) is 0 Å². The third-order valence-corrected chi connectivity index (χ3v) is 2.05. The summed E-state index contributed by atoms with van der Waals surface area (Å²) < 4.78 is 27.1. The van der Waals surface area contributed by atoms with Crippen LogP contribution in [0.5, 0.6) is 0 Å². The van der Waals surface area contributed by atoms with Crippen LogP contribution >= 0.6 is 0 Å². The monoisotopic (exact) mass is 178 g/mol. The van der Waals surface area contributed by atoms with Gasteiger partial charge in [0.25, 0.3) is 5.92 Å². The molecule has 0 aromatic heterocycles. The molecule has 2 bridgehead atoms. The molecule has 0 aliphatic heterocycles. The summed E-state index contributed by atoms with van der Waals surface area (Å²) in [5.41, 5.74) is 0.0787. The van der Waals surface area contributed by atoms with Gasteiger partial charge in [-0.3, -0.25) is 0 Å². The molecule has 0 radical (unpaired) electrons. The molecule has 2 heteroatoms. The van der Waals surface area contributed by atoms with Crippen LogP contribution in [0.3, 0.4) is 0 Å². The SMILES string of the molecule is FC1(F)C2=CC=CC=C1C=CC=C2. The highest BCUT2D eigenvalue weighted by atomic mass is 19.3. The number of allylic oxidation sites excluding steroid dienone is 10. The Morgan fingerprint density at radius 3 is 1.69 bits per heavy atom. The fraction of sp³-hybridized carbons (Fsp3) is 0.0909. The number of halogens is 2. The second-order valence-corrected chi connectivity index (χ2v) is 2.92. The van der Waals surface area contributed by atoms with E-state index in [1.807, 2.05) is 0 Å². The molecular weight excluding hydrogens is 170 g/mol. The predicted octanol–water partition coefficient (Wildman–Crippen LogP) is 3.17. The number of hydrogen-bond donors (Lipinski definition) is 0. The maximum Gasteiger partial charge on any atom is 0.298 e. The van der Waals surface area contributed by atoms with Crippen molar-refractivity contribution in [2.75, 3.05) is 0 Å². The lowest BCUT2D eigenvalue weighted by molar-refractivity contribution is 0.0918. The van der Waals surface area contributed by atoms with Gasteiger partial charge in [0, 0.05) is 11.1 Å². The fourth-order valence-electron chi connectivity index (χ4n) is 1.33. The van der Waals surface area contributed by atoms with Crippen molar-refractivity contribution < 1.29 is 8.78 Å². The van der Waals surface area contributed by atoms with E-state index in [0.29, 0.717) is 0 Å². The van der Waals surface area contributed by atoms with Crippen LogP contribution in [0, 0.1) is 0 Å². The van der Waals surface area contributed by atoms with E-state index in [1.165, 1.54) is 24.3 Å². The Bertz CT molecular complexity index is 332. The van der Waals surface area contributed by atoms with Crippen molar-refractivity contribution in [1.29, 1.82) is 0 Å². The topological polar surface area (TPSA) is 0 Å². The first-order valence-electron chi connectivity index (χ1n) is 4.03. The third-order valence-electron chi connectivity index (χ3n) is 2.05. The first-order valence-corrected chi connectivity index (χ1v) is 4.03. The minimum atomic E-state index is -2.85. The molecule has 2 aliphatic carbocycles. The van der Waals surface area contributed by atoms with E-state index in [9.17, 15) is 8.78 Å². The van der Waals surface area contributed by atoms with Gasteiger partial charge < -0.3 is 0 Å². The summed E-state index contributed by atoms with van der Waals surface area (Å²) in [6.45, 7) is 0. The predicted molar refractivity (Wildman–Crippen MR) is 48.5 cm³/mol. The van der Waals surface area contributed by atoms with Crippen molar-refractivity contribution >= 4 is 0 Å². The van der Waals surface area contributed by atoms with Gasteiger partial charge in [-0.25, -0.2) is 0 Å². The van der Waals surface area contributed by atoms with Crippen molar-refractivity contribution in [2.24, 2.45) is 0 Å². The maximum absolute atomic E-state index is 13.6. The van der Waals surface area contributed by atoms with Crippen LogP contribution in [-0.4, -0.2) is 5.92 Å². The average Bonchev–Trinajstić information content (AvgIpc) is 2.32. The molecule has 13 heavy (non-hydrogen) atoms. The Hall–Kier alpha value is -1.44. The summed E-state index contributed by atoms with van der Waals surface area (Å²) in [6, 6.07) is 0. The molecule has 0 saturated carbocycles. The number of fused-ring (bicyclic) bond motifs is 2. The summed E-state index contributed by atoms with van der Waals surface area (Å²) in [4.78, 5) is 0. The van der Waals surface area contributed by atoms with E-state index in [2.05, 4.69) is 0 Å². The lowest BCUT2D eigenvalue weighted by atomic mass is 10.0. The molecular formula is C11H8F2. The van der Waals surface area contributed by atoms with E-state index in [4.69, 9.17) is 0 Å². The molecule has 0 nitrogen and oxygen atoms in total. The quantitative estimate of drug-likeness (QED) is 0.534. The summed E-state index contributed by atoms with van der Waals surface area (Å²) >= 11 is 0. The summed E-state index contributed by atoms with van der Waals surface area (Å²) in [5, 5.41) is 0. The highest BCUT2D eigenvalue weighted by molar-refractivity contribution is 5.50. The second-order valence-electron chi connectivity index (χ2n) is 2.92. The molecule has 0 amide bonds. The van der Waals surface area contributed by atoms with Gasteiger partial charge in [0.1, 0.15) is 0 Å². The number of rotatable bonds is 0.